The summed E-state index contributed by atoms with van der Waals surface area (Å²) in [6.07, 6.45) is 0. The third kappa shape index (κ3) is 5.47. The van der Waals surface area contributed by atoms with Crippen molar-refractivity contribution in [2.45, 2.75) is 5.79 Å². The van der Waals surface area contributed by atoms with Crippen LogP contribution < -0.4 is 9.47 Å². The van der Waals surface area contributed by atoms with Gasteiger partial charge in [-0.25, -0.2) is 15.0 Å². The predicted octanol–water partition coefficient (Wildman–Crippen LogP) is 9.55. The van der Waals surface area contributed by atoms with Gasteiger partial charge in [-0.1, -0.05) is 146 Å². The minimum absolute atomic E-state index is 0.693. The summed E-state index contributed by atoms with van der Waals surface area (Å²) in [6, 6.07) is 57.2. The van der Waals surface area contributed by atoms with Gasteiger partial charge in [-0.05, 0) is 24.3 Å². The molecule has 0 N–H and O–H groups in total. The van der Waals surface area contributed by atoms with Crippen molar-refractivity contribution in [3.8, 4) is 45.4 Å². The van der Waals surface area contributed by atoms with Crippen molar-refractivity contribution in [1.29, 1.82) is 0 Å². The van der Waals surface area contributed by atoms with Gasteiger partial charge >= 0.3 is 0 Å². The molecule has 1 aromatic heterocycles. The third-order valence-corrected chi connectivity index (χ3v) is 8.92. The first-order chi connectivity index (χ1) is 24.7. The second kappa shape index (κ2) is 13.2. The first-order valence-electron chi connectivity index (χ1n) is 16.5. The Morgan fingerprint density at radius 1 is 0.460 bits per heavy atom. The molecule has 6 heteroatoms. The molecule has 0 amide bonds. The van der Waals surface area contributed by atoms with E-state index in [1.165, 1.54) is 0 Å². The van der Waals surface area contributed by atoms with Crippen molar-refractivity contribution in [3.63, 3.8) is 0 Å². The zero-order chi connectivity index (χ0) is 33.9. The fraction of sp³-hybridized carbons (Fsp3) is 0.0682. The van der Waals surface area contributed by atoms with Gasteiger partial charge in [-0.3, -0.25) is 4.57 Å². The standard InChI is InChI=1S/C44H34N4O2/c1-49-37-27-15-25-35(29-37)43-45-41(33-21-11-5-12-22-33)42(34-23-13-6-14-24-34)48(43)44(36-26-16-28-38(30-36)50-2)46-39(31-17-7-3-8-18-31)40(47-44)32-19-9-4-10-20-32/h3-30H,1-2H3. The van der Waals surface area contributed by atoms with E-state index < -0.39 is 5.79 Å². The van der Waals surface area contributed by atoms with E-state index >= 15 is 0 Å². The van der Waals surface area contributed by atoms with Gasteiger partial charge in [0.1, 0.15) is 17.3 Å². The number of imidazole rings is 1. The van der Waals surface area contributed by atoms with Crippen LogP contribution in [0.1, 0.15) is 16.7 Å². The lowest BCUT2D eigenvalue weighted by atomic mass is 10.0. The second-order valence-corrected chi connectivity index (χ2v) is 12.0. The van der Waals surface area contributed by atoms with Crippen molar-refractivity contribution >= 4 is 11.4 Å². The van der Waals surface area contributed by atoms with Gasteiger partial charge in [0.05, 0.1) is 37.0 Å². The molecule has 1 aliphatic heterocycles. The Balaban J connectivity index is 1.57. The molecule has 6 nitrogen and oxygen atoms in total. The van der Waals surface area contributed by atoms with Crippen molar-refractivity contribution in [1.82, 2.24) is 9.55 Å². The molecule has 50 heavy (non-hydrogen) atoms. The first-order valence-corrected chi connectivity index (χ1v) is 16.5. The molecule has 0 saturated carbocycles. The molecule has 1 aliphatic rings. The summed E-state index contributed by atoms with van der Waals surface area (Å²) < 4.78 is 13.7. The van der Waals surface area contributed by atoms with Gasteiger partial charge in [-0.2, -0.15) is 0 Å². The number of aromatic nitrogens is 2. The van der Waals surface area contributed by atoms with Crippen molar-refractivity contribution in [2.24, 2.45) is 9.98 Å². The molecule has 8 rings (SSSR count). The van der Waals surface area contributed by atoms with E-state index in [2.05, 4.69) is 77.4 Å². The molecule has 2 heterocycles. The highest BCUT2D eigenvalue weighted by Crippen LogP contribution is 2.47. The molecular weight excluding hydrogens is 617 g/mol. The van der Waals surface area contributed by atoms with Crippen LogP contribution in [-0.4, -0.2) is 35.2 Å². The highest BCUT2D eigenvalue weighted by atomic mass is 16.5. The summed E-state index contributed by atoms with van der Waals surface area (Å²) >= 11 is 0. The van der Waals surface area contributed by atoms with Crippen LogP contribution in [0.5, 0.6) is 11.5 Å². The third-order valence-electron chi connectivity index (χ3n) is 8.92. The summed E-state index contributed by atoms with van der Waals surface area (Å²) in [7, 11) is 3.36. The van der Waals surface area contributed by atoms with Crippen molar-refractivity contribution in [3.05, 3.63) is 187 Å². The molecule has 0 spiro atoms. The van der Waals surface area contributed by atoms with Crippen LogP contribution in [0, 0.1) is 0 Å². The highest BCUT2D eigenvalue weighted by Gasteiger charge is 2.45. The topological polar surface area (TPSA) is 61.0 Å². The Bertz CT molecular complexity index is 2280. The monoisotopic (exact) mass is 650 g/mol. The van der Waals surface area contributed by atoms with Gasteiger partial charge in [0.2, 0.25) is 0 Å². The number of rotatable bonds is 9. The Kier molecular flexibility index (Phi) is 8.11. The Morgan fingerprint density at radius 3 is 1.46 bits per heavy atom. The average Bonchev–Trinajstić information content (AvgIpc) is 3.81. The van der Waals surface area contributed by atoms with E-state index in [-0.39, 0.29) is 0 Å². The van der Waals surface area contributed by atoms with E-state index in [1.807, 2.05) is 97.1 Å². The predicted molar refractivity (Wildman–Crippen MR) is 201 cm³/mol. The van der Waals surface area contributed by atoms with Crippen LogP contribution in [0.15, 0.2) is 180 Å². The van der Waals surface area contributed by atoms with E-state index in [0.717, 1.165) is 61.9 Å². The van der Waals surface area contributed by atoms with Crippen LogP contribution in [0.4, 0.5) is 0 Å². The van der Waals surface area contributed by atoms with Crippen LogP contribution in [0.2, 0.25) is 0 Å². The maximum absolute atomic E-state index is 5.81. The molecule has 0 bridgehead atoms. The Morgan fingerprint density at radius 2 is 0.920 bits per heavy atom. The SMILES string of the molecule is COc1cccc(-c2nc(-c3ccccc3)c(-c3ccccc3)n2C2(c3cccc(OC)c3)N=C(c3ccccc3)C(c3ccccc3)=N2)c1. The fourth-order valence-corrected chi connectivity index (χ4v) is 6.57. The molecule has 0 radical (unpaired) electrons. The molecule has 0 fully saturated rings. The van der Waals surface area contributed by atoms with Crippen molar-refractivity contribution in [2.75, 3.05) is 14.2 Å². The Labute approximate surface area is 291 Å². The van der Waals surface area contributed by atoms with Gasteiger partial charge in [-0.15, -0.1) is 0 Å². The lowest BCUT2D eigenvalue weighted by molar-refractivity contribution is 0.394. The highest BCUT2D eigenvalue weighted by molar-refractivity contribution is 6.54. The van der Waals surface area contributed by atoms with Gasteiger partial charge in [0.25, 0.3) is 5.79 Å². The molecule has 7 aromatic rings. The zero-order valence-corrected chi connectivity index (χ0v) is 27.8. The summed E-state index contributed by atoms with van der Waals surface area (Å²) in [5.74, 6) is 0.783. The largest absolute Gasteiger partial charge is 0.497 e. The smallest absolute Gasteiger partial charge is 0.261 e. The van der Waals surface area contributed by atoms with Crippen molar-refractivity contribution < 1.29 is 9.47 Å². The van der Waals surface area contributed by atoms with Crippen LogP contribution in [-0.2, 0) is 5.79 Å². The number of methoxy groups -OCH3 is 2. The molecule has 0 aliphatic carbocycles. The Hall–Kier alpha value is -6.53. The van der Waals surface area contributed by atoms with Crippen LogP contribution in [0.3, 0.4) is 0 Å². The molecule has 0 unspecified atom stereocenters. The maximum atomic E-state index is 5.81. The second-order valence-electron chi connectivity index (χ2n) is 12.0. The molecule has 242 valence electrons. The van der Waals surface area contributed by atoms with Crippen LogP contribution >= 0.6 is 0 Å². The normalized spacial score (nSPS) is 13.4. The van der Waals surface area contributed by atoms with E-state index in [1.54, 1.807) is 14.2 Å². The summed E-state index contributed by atoms with van der Waals surface area (Å²) in [4.78, 5) is 17.0. The molecular formula is C44H34N4O2. The number of ether oxygens (including phenoxy) is 2. The summed E-state index contributed by atoms with van der Waals surface area (Å²) in [6.45, 7) is 0. The lowest BCUT2D eigenvalue weighted by Crippen LogP contribution is -2.31. The first kappa shape index (κ1) is 30.8. The van der Waals surface area contributed by atoms with E-state index in [4.69, 9.17) is 24.4 Å². The van der Waals surface area contributed by atoms with Crippen LogP contribution in [0.25, 0.3) is 33.9 Å². The van der Waals surface area contributed by atoms with Gasteiger partial charge in [0.15, 0.2) is 0 Å². The molecule has 0 atom stereocenters. The maximum Gasteiger partial charge on any atom is 0.261 e. The van der Waals surface area contributed by atoms with Gasteiger partial charge < -0.3 is 9.47 Å². The summed E-state index contributed by atoms with van der Waals surface area (Å²) in [5.41, 5.74) is 8.85. The molecule has 0 saturated heterocycles. The van der Waals surface area contributed by atoms with E-state index in [9.17, 15) is 0 Å². The quantitative estimate of drug-likeness (QED) is 0.156. The average molecular weight is 651 g/mol. The number of hydrogen-bond acceptors (Lipinski definition) is 5. The summed E-state index contributed by atoms with van der Waals surface area (Å²) in [5, 5.41) is 0. The number of benzene rings is 6. The zero-order valence-electron chi connectivity index (χ0n) is 27.8. The number of aliphatic imine (C=N–C) groups is 2. The number of nitrogens with zero attached hydrogens (tertiary/aromatic N) is 4. The fourth-order valence-electron chi connectivity index (χ4n) is 6.57. The minimum Gasteiger partial charge on any atom is -0.497 e. The van der Waals surface area contributed by atoms with Gasteiger partial charge in [0, 0.05) is 33.4 Å². The lowest BCUT2D eigenvalue weighted by Gasteiger charge is -2.30. The van der Waals surface area contributed by atoms with E-state index in [0.29, 0.717) is 11.6 Å². The number of hydrogen-bond donors (Lipinski definition) is 0. The molecule has 6 aromatic carbocycles. The minimum atomic E-state index is -1.34.